The van der Waals surface area contributed by atoms with Crippen LogP contribution in [-0.4, -0.2) is 7.11 Å². The van der Waals surface area contributed by atoms with Crippen LogP contribution in [0.25, 0.3) is 5.57 Å². The van der Waals surface area contributed by atoms with Crippen LogP contribution in [0.5, 0.6) is 5.75 Å². The zero-order valence-electron chi connectivity index (χ0n) is 10.6. The van der Waals surface area contributed by atoms with Gasteiger partial charge in [0.25, 0.3) is 0 Å². The van der Waals surface area contributed by atoms with Crippen molar-refractivity contribution in [3.63, 3.8) is 0 Å². The summed E-state index contributed by atoms with van der Waals surface area (Å²) in [6, 6.07) is 13.5. The number of rotatable bonds is 3. The van der Waals surface area contributed by atoms with E-state index < -0.39 is 0 Å². The number of ether oxygens (including phenoxy) is 1. The quantitative estimate of drug-likeness (QED) is 0.613. The van der Waals surface area contributed by atoms with Crippen molar-refractivity contribution in [2.24, 2.45) is 0 Å². The van der Waals surface area contributed by atoms with Gasteiger partial charge in [0.15, 0.2) is 0 Å². The summed E-state index contributed by atoms with van der Waals surface area (Å²) < 4.78 is 5.02. The fraction of sp³-hybridized carbons (Fsp3) is 0.0667. The molecule has 0 saturated heterocycles. The molecule has 1 aromatic rings. The van der Waals surface area contributed by atoms with Gasteiger partial charge in [0.05, 0.1) is 7.11 Å². The summed E-state index contributed by atoms with van der Waals surface area (Å²) >= 11 is 0. The van der Waals surface area contributed by atoms with E-state index >= 15 is 0 Å². The zero-order valence-corrected chi connectivity index (χ0v) is 10.6. The van der Waals surface area contributed by atoms with E-state index in [1.54, 1.807) is 48.5 Å². The maximum absolute atomic E-state index is 8.97. The fourth-order valence-corrected chi connectivity index (χ4v) is 1.45. The Labute approximate surface area is 116 Å². The Morgan fingerprint density at radius 2 is 1.50 bits per heavy atom. The van der Waals surface area contributed by atoms with Gasteiger partial charge in [-0.1, -0.05) is 12.1 Å². The minimum absolute atomic E-state index is 0.168. The molecule has 0 unspecified atom stereocenters. The average molecular weight is 260 g/mol. The van der Waals surface area contributed by atoms with Crippen LogP contribution in [0, 0.1) is 45.3 Å². The van der Waals surface area contributed by atoms with Crippen molar-refractivity contribution < 1.29 is 4.74 Å². The van der Waals surface area contributed by atoms with Crippen LogP contribution in [-0.2, 0) is 0 Å². The van der Waals surface area contributed by atoms with Crippen molar-refractivity contribution in [3.8, 4) is 30.0 Å². The van der Waals surface area contributed by atoms with E-state index in [1.807, 2.05) is 0 Å². The predicted octanol–water partition coefficient (Wildman–Crippen LogP) is 2.47. The highest BCUT2D eigenvalue weighted by atomic mass is 16.5. The molecule has 0 radical (unpaired) electrons. The second-order valence-electron chi connectivity index (χ2n) is 3.52. The molecule has 94 valence electrons. The van der Waals surface area contributed by atoms with Gasteiger partial charge >= 0.3 is 0 Å². The molecule has 0 aliphatic heterocycles. The predicted molar refractivity (Wildman–Crippen MR) is 70.4 cm³/mol. The molecular formula is C15H8N4O. The van der Waals surface area contributed by atoms with E-state index in [2.05, 4.69) is 0 Å². The van der Waals surface area contributed by atoms with Gasteiger partial charge in [0.1, 0.15) is 41.2 Å². The number of allylic oxidation sites excluding steroid dienone is 4. The van der Waals surface area contributed by atoms with Crippen molar-refractivity contribution in [1.82, 2.24) is 0 Å². The van der Waals surface area contributed by atoms with Crippen LogP contribution in [0.4, 0.5) is 0 Å². The maximum Gasteiger partial charge on any atom is 0.137 e. The molecular weight excluding hydrogens is 252 g/mol. The Morgan fingerprint density at radius 3 is 1.90 bits per heavy atom. The highest BCUT2D eigenvalue weighted by molar-refractivity contribution is 5.83. The topological polar surface area (TPSA) is 104 Å². The van der Waals surface area contributed by atoms with Gasteiger partial charge in [-0.25, -0.2) is 0 Å². The molecule has 0 amide bonds. The number of hydrogen-bond donors (Lipinski definition) is 0. The van der Waals surface area contributed by atoms with Crippen molar-refractivity contribution in [2.45, 2.75) is 0 Å². The first-order chi connectivity index (χ1) is 9.69. The Kier molecular flexibility index (Phi) is 5.10. The van der Waals surface area contributed by atoms with Crippen molar-refractivity contribution >= 4 is 5.57 Å². The number of benzene rings is 1. The molecule has 5 nitrogen and oxygen atoms in total. The number of hydrogen-bond acceptors (Lipinski definition) is 5. The Hall–Kier alpha value is -3.54. The molecule has 0 bridgehead atoms. The molecule has 20 heavy (non-hydrogen) atoms. The Morgan fingerprint density at radius 1 is 0.950 bits per heavy atom. The highest BCUT2D eigenvalue weighted by Crippen LogP contribution is 2.23. The number of nitriles is 4. The van der Waals surface area contributed by atoms with Crippen molar-refractivity contribution in [1.29, 1.82) is 21.0 Å². The zero-order chi connectivity index (χ0) is 15.0. The molecule has 0 aliphatic rings. The van der Waals surface area contributed by atoms with Gasteiger partial charge < -0.3 is 4.74 Å². The van der Waals surface area contributed by atoms with E-state index in [0.717, 1.165) is 0 Å². The monoisotopic (exact) mass is 260 g/mol. The Balaban J connectivity index is 3.49. The summed E-state index contributed by atoms with van der Waals surface area (Å²) in [7, 11) is 1.52. The highest BCUT2D eigenvalue weighted by Gasteiger charge is 2.09. The van der Waals surface area contributed by atoms with Crippen LogP contribution in [0.15, 0.2) is 41.5 Å². The number of nitrogens with zero attached hydrogens (tertiary/aromatic N) is 4. The summed E-state index contributed by atoms with van der Waals surface area (Å²) in [5.74, 6) is 0.619. The lowest BCUT2D eigenvalue weighted by molar-refractivity contribution is 0.415. The molecule has 0 fully saturated rings. The standard InChI is InChI=1S/C15H8N4O/c1-20-14-4-2-12(3-5-14)15(13(9-18)10-19)6-11(7-16)8-17/h2-6H,1H3. The van der Waals surface area contributed by atoms with Crippen molar-refractivity contribution in [3.05, 3.63) is 47.1 Å². The van der Waals surface area contributed by atoms with Crippen LogP contribution in [0.1, 0.15) is 5.56 Å². The molecule has 0 N–H and O–H groups in total. The molecule has 1 rings (SSSR count). The summed E-state index contributed by atoms with van der Waals surface area (Å²) in [4.78, 5) is 0. The smallest absolute Gasteiger partial charge is 0.137 e. The maximum atomic E-state index is 8.97. The normalized spacial score (nSPS) is 8.05. The van der Waals surface area contributed by atoms with E-state index in [1.165, 1.54) is 13.2 Å². The molecule has 1 aromatic carbocycles. The summed E-state index contributed by atoms with van der Waals surface area (Å²) in [5.41, 5.74) is 0.430. The molecule has 5 heteroatoms. The van der Waals surface area contributed by atoms with Gasteiger partial charge in [-0.3, -0.25) is 0 Å². The lowest BCUT2D eigenvalue weighted by atomic mass is 9.99. The summed E-state index contributed by atoms with van der Waals surface area (Å²) in [6.45, 7) is 0. The van der Waals surface area contributed by atoms with E-state index in [0.29, 0.717) is 11.3 Å². The molecule has 0 aromatic heterocycles. The average Bonchev–Trinajstić information content (AvgIpc) is 2.51. The summed E-state index contributed by atoms with van der Waals surface area (Å²) in [6.07, 6.45) is 1.23. The minimum Gasteiger partial charge on any atom is -0.497 e. The number of methoxy groups -OCH3 is 1. The third-order valence-corrected chi connectivity index (χ3v) is 2.42. The van der Waals surface area contributed by atoms with Crippen LogP contribution < -0.4 is 4.74 Å². The third-order valence-electron chi connectivity index (χ3n) is 2.42. The Bertz CT molecular complexity index is 697. The van der Waals surface area contributed by atoms with Gasteiger partial charge in [-0.15, -0.1) is 0 Å². The van der Waals surface area contributed by atoms with Crippen LogP contribution in [0.2, 0.25) is 0 Å². The largest absolute Gasteiger partial charge is 0.497 e. The first-order valence-electron chi connectivity index (χ1n) is 5.41. The van der Waals surface area contributed by atoms with Crippen molar-refractivity contribution in [2.75, 3.05) is 7.11 Å². The van der Waals surface area contributed by atoms with Crippen LogP contribution >= 0.6 is 0 Å². The summed E-state index contributed by atoms with van der Waals surface area (Å²) in [5, 5.41) is 35.5. The van der Waals surface area contributed by atoms with Gasteiger partial charge in [-0.05, 0) is 23.8 Å². The molecule has 0 atom stereocenters. The van der Waals surface area contributed by atoms with Gasteiger partial charge in [0, 0.05) is 5.57 Å². The molecule has 0 spiro atoms. The molecule has 0 aliphatic carbocycles. The van der Waals surface area contributed by atoms with Crippen LogP contribution in [0.3, 0.4) is 0 Å². The van der Waals surface area contributed by atoms with Gasteiger partial charge in [-0.2, -0.15) is 21.0 Å². The minimum atomic E-state index is -0.182. The van der Waals surface area contributed by atoms with E-state index in [4.69, 9.17) is 25.8 Å². The first-order valence-corrected chi connectivity index (χ1v) is 5.41. The van der Waals surface area contributed by atoms with Gasteiger partial charge in [0.2, 0.25) is 0 Å². The SMILES string of the molecule is COc1ccc(C(C=C(C#N)C#N)=C(C#N)C#N)cc1. The molecule has 0 heterocycles. The second-order valence-corrected chi connectivity index (χ2v) is 3.52. The lowest BCUT2D eigenvalue weighted by Crippen LogP contribution is -1.89. The molecule has 0 saturated carbocycles. The fourth-order valence-electron chi connectivity index (χ4n) is 1.45. The van der Waals surface area contributed by atoms with E-state index in [-0.39, 0.29) is 16.7 Å². The second kappa shape index (κ2) is 7.02. The third kappa shape index (κ3) is 3.23. The first kappa shape index (κ1) is 14.5. The van der Waals surface area contributed by atoms with E-state index in [9.17, 15) is 0 Å². The lowest BCUT2D eigenvalue weighted by Gasteiger charge is -2.04.